The first-order valence-electron chi connectivity index (χ1n) is 11.6. The van der Waals surface area contributed by atoms with Gasteiger partial charge in [0.1, 0.15) is 11.4 Å². The Bertz CT molecular complexity index is 1030. The molecule has 2 bridgehead atoms. The second-order valence-corrected chi connectivity index (χ2v) is 9.26. The van der Waals surface area contributed by atoms with Crippen molar-refractivity contribution in [3.63, 3.8) is 0 Å². The molecule has 1 aromatic carbocycles. The topological polar surface area (TPSA) is 72.8 Å². The van der Waals surface area contributed by atoms with E-state index in [0.29, 0.717) is 23.6 Å². The van der Waals surface area contributed by atoms with Crippen LogP contribution in [0.2, 0.25) is 0 Å². The highest BCUT2D eigenvalue weighted by Gasteiger charge is 2.37. The molecular formula is C25H31N3O4. The molecule has 0 aliphatic carbocycles. The molecule has 32 heavy (non-hydrogen) atoms. The summed E-state index contributed by atoms with van der Waals surface area (Å²) >= 11 is 0. The molecule has 1 aromatic heterocycles. The number of hydrogen-bond donors (Lipinski definition) is 1. The highest BCUT2D eigenvalue weighted by atomic mass is 16.5. The van der Waals surface area contributed by atoms with Gasteiger partial charge < -0.3 is 19.4 Å². The van der Waals surface area contributed by atoms with E-state index in [-0.39, 0.29) is 17.9 Å². The number of likely N-dealkylation sites (tertiary alicyclic amines) is 1. The van der Waals surface area contributed by atoms with E-state index in [4.69, 9.17) is 9.47 Å². The number of nitrogens with zero attached hydrogens (tertiary/aromatic N) is 2. The van der Waals surface area contributed by atoms with E-state index in [0.717, 1.165) is 69.1 Å². The number of aromatic nitrogens is 1. The van der Waals surface area contributed by atoms with Crippen molar-refractivity contribution in [2.75, 3.05) is 38.7 Å². The van der Waals surface area contributed by atoms with Crippen LogP contribution >= 0.6 is 0 Å². The van der Waals surface area contributed by atoms with Gasteiger partial charge in [0.2, 0.25) is 5.91 Å². The largest absolute Gasteiger partial charge is 0.497 e. The summed E-state index contributed by atoms with van der Waals surface area (Å²) in [5.74, 6) is 1.42. The molecule has 3 aliphatic rings. The predicted octanol–water partition coefficient (Wildman–Crippen LogP) is 2.64. The van der Waals surface area contributed by atoms with Crippen molar-refractivity contribution in [2.24, 2.45) is 5.92 Å². The molecule has 4 heterocycles. The minimum atomic E-state index is -0.186. The molecule has 7 heteroatoms. The van der Waals surface area contributed by atoms with Crippen LogP contribution in [0.3, 0.4) is 0 Å². The molecule has 3 aliphatic heterocycles. The van der Waals surface area contributed by atoms with Crippen molar-refractivity contribution in [1.29, 1.82) is 0 Å². The molecule has 5 rings (SSSR count). The average molecular weight is 438 g/mol. The maximum absolute atomic E-state index is 13.2. The molecule has 0 saturated carbocycles. The third-order valence-electron chi connectivity index (χ3n) is 7.14. The third kappa shape index (κ3) is 4.32. The number of methoxy groups -OCH3 is 1. The standard InChI is InChI=1S/C25H31N3O4/c1-31-21-4-2-17(3-5-21)13-24(29)26-22-6-7-23-19-12-18(15-28(23)25(22)30)14-27(16-19)20-8-10-32-11-9-20/h2-7,18-20H,8-16H2,1H3,(H,26,29). The van der Waals surface area contributed by atoms with Gasteiger partial charge in [-0.25, -0.2) is 0 Å². The Morgan fingerprint density at radius 3 is 2.62 bits per heavy atom. The second-order valence-electron chi connectivity index (χ2n) is 9.26. The summed E-state index contributed by atoms with van der Waals surface area (Å²) in [6.07, 6.45) is 3.57. The fourth-order valence-corrected chi connectivity index (χ4v) is 5.55. The maximum atomic E-state index is 13.2. The van der Waals surface area contributed by atoms with Gasteiger partial charge in [0, 0.05) is 50.5 Å². The van der Waals surface area contributed by atoms with E-state index in [1.165, 1.54) is 0 Å². The minimum absolute atomic E-state index is 0.0835. The van der Waals surface area contributed by atoms with Gasteiger partial charge in [-0.3, -0.25) is 14.5 Å². The van der Waals surface area contributed by atoms with Gasteiger partial charge in [-0.15, -0.1) is 0 Å². The minimum Gasteiger partial charge on any atom is -0.497 e. The van der Waals surface area contributed by atoms with E-state index < -0.39 is 0 Å². The molecule has 170 valence electrons. The van der Waals surface area contributed by atoms with Crippen LogP contribution in [-0.2, 0) is 22.5 Å². The first kappa shape index (κ1) is 21.2. The third-order valence-corrected chi connectivity index (χ3v) is 7.14. The molecule has 0 spiro atoms. The number of piperidine rings is 1. The van der Waals surface area contributed by atoms with E-state index in [2.05, 4.69) is 10.2 Å². The van der Waals surface area contributed by atoms with Crippen molar-refractivity contribution in [2.45, 2.75) is 44.2 Å². The lowest BCUT2D eigenvalue weighted by Gasteiger charge is -2.46. The van der Waals surface area contributed by atoms with Gasteiger partial charge in [-0.2, -0.15) is 0 Å². The number of amides is 1. The van der Waals surface area contributed by atoms with E-state index in [1.807, 2.05) is 34.9 Å². The Kier molecular flexibility index (Phi) is 6.02. The number of hydrogen-bond acceptors (Lipinski definition) is 5. The van der Waals surface area contributed by atoms with Crippen molar-refractivity contribution >= 4 is 11.6 Å². The SMILES string of the molecule is COc1ccc(CC(=O)Nc2ccc3n(c2=O)CC2CC3CN(C3CCOCC3)C2)cc1. The van der Waals surface area contributed by atoms with E-state index in [9.17, 15) is 9.59 Å². The molecule has 1 amide bonds. The number of pyridine rings is 1. The molecule has 1 N–H and O–H groups in total. The number of benzene rings is 1. The number of anilines is 1. The summed E-state index contributed by atoms with van der Waals surface area (Å²) in [5.41, 5.74) is 2.27. The zero-order valence-electron chi connectivity index (χ0n) is 18.6. The molecule has 2 fully saturated rings. The maximum Gasteiger partial charge on any atom is 0.274 e. The molecule has 2 atom stereocenters. The van der Waals surface area contributed by atoms with Crippen molar-refractivity contribution < 1.29 is 14.3 Å². The van der Waals surface area contributed by atoms with Crippen LogP contribution in [0.1, 0.15) is 36.4 Å². The van der Waals surface area contributed by atoms with E-state index >= 15 is 0 Å². The number of carbonyl (C=O) groups is 1. The van der Waals surface area contributed by atoms with Crippen LogP contribution in [0.4, 0.5) is 5.69 Å². The Labute approximate surface area is 188 Å². The van der Waals surface area contributed by atoms with Gasteiger partial charge in [0.15, 0.2) is 0 Å². The van der Waals surface area contributed by atoms with Crippen LogP contribution in [0.25, 0.3) is 0 Å². The number of carbonyl (C=O) groups excluding carboxylic acids is 1. The van der Waals surface area contributed by atoms with Gasteiger partial charge >= 0.3 is 0 Å². The smallest absolute Gasteiger partial charge is 0.274 e. The normalized spacial score (nSPS) is 23.4. The number of rotatable bonds is 5. The molecule has 7 nitrogen and oxygen atoms in total. The highest BCUT2D eigenvalue weighted by Crippen LogP contribution is 2.37. The zero-order valence-corrected chi connectivity index (χ0v) is 18.6. The number of fused-ring (bicyclic) bond motifs is 4. The second kappa shape index (κ2) is 9.08. The zero-order chi connectivity index (χ0) is 22.1. The first-order valence-corrected chi connectivity index (χ1v) is 11.6. The van der Waals surface area contributed by atoms with Crippen LogP contribution in [0.5, 0.6) is 5.75 Å². The summed E-state index contributed by atoms with van der Waals surface area (Å²) in [6, 6.07) is 11.8. The van der Waals surface area contributed by atoms with Crippen LogP contribution < -0.4 is 15.6 Å². The van der Waals surface area contributed by atoms with Gasteiger partial charge in [0.05, 0.1) is 13.5 Å². The van der Waals surface area contributed by atoms with Crippen molar-refractivity contribution in [3.8, 4) is 5.75 Å². The Morgan fingerprint density at radius 1 is 1.09 bits per heavy atom. The summed E-state index contributed by atoms with van der Waals surface area (Å²) in [5, 5.41) is 2.84. The monoisotopic (exact) mass is 437 g/mol. The predicted molar refractivity (Wildman–Crippen MR) is 122 cm³/mol. The highest BCUT2D eigenvalue weighted by molar-refractivity contribution is 5.92. The van der Waals surface area contributed by atoms with Crippen LogP contribution in [-0.4, -0.2) is 54.8 Å². The molecule has 2 saturated heterocycles. The quantitative estimate of drug-likeness (QED) is 0.779. The summed E-state index contributed by atoms with van der Waals surface area (Å²) in [6.45, 7) is 4.48. The Hall–Kier alpha value is -2.64. The Balaban J connectivity index is 1.29. The molecule has 0 radical (unpaired) electrons. The summed E-state index contributed by atoms with van der Waals surface area (Å²) in [4.78, 5) is 28.4. The molecular weight excluding hydrogens is 406 g/mol. The number of ether oxygens (including phenoxy) is 2. The fourth-order valence-electron chi connectivity index (χ4n) is 5.55. The average Bonchev–Trinajstić information content (AvgIpc) is 2.82. The van der Waals surface area contributed by atoms with Crippen molar-refractivity contribution in [1.82, 2.24) is 9.47 Å². The Morgan fingerprint density at radius 2 is 1.88 bits per heavy atom. The van der Waals surface area contributed by atoms with Gasteiger partial charge in [-0.1, -0.05) is 12.1 Å². The molecule has 2 unspecified atom stereocenters. The van der Waals surface area contributed by atoms with Crippen LogP contribution in [0.15, 0.2) is 41.2 Å². The van der Waals surface area contributed by atoms with E-state index in [1.54, 1.807) is 13.2 Å². The van der Waals surface area contributed by atoms with Crippen molar-refractivity contribution in [3.05, 3.63) is 58.0 Å². The fraction of sp³-hybridized carbons (Fsp3) is 0.520. The van der Waals surface area contributed by atoms with Gasteiger partial charge in [0.25, 0.3) is 5.56 Å². The van der Waals surface area contributed by atoms with Gasteiger partial charge in [-0.05, 0) is 55.0 Å². The summed E-state index contributed by atoms with van der Waals surface area (Å²) in [7, 11) is 1.61. The first-order chi connectivity index (χ1) is 15.6. The lowest BCUT2D eigenvalue weighted by molar-refractivity contribution is -0.115. The van der Waals surface area contributed by atoms with Crippen LogP contribution in [0, 0.1) is 5.92 Å². The summed E-state index contributed by atoms with van der Waals surface area (Å²) < 4.78 is 12.6. The molecule has 2 aromatic rings. The number of nitrogens with one attached hydrogen (secondary N) is 1. The lowest BCUT2D eigenvalue weighted by atomic mass is 9.82. The lowest BCUT2D eigenvalue weighted by Crippen LogP contribution is -2.51.